The minimum Gasteiger partial charge on any atom is -0.481 e. The van der Waals surface area contributed by atoms with Crippen LogP contribution < -0.4 is 15.6 Å². The molecule has 0 radical (unpaired) electrons. The third kappa shape index (κ3) is 3.92. The zero-order chi connectivity index (χ0) is 21.2. The highest BCUT2D eigenvalue weighted by Gasteiger charge is 2.54. The lowest BCUT2D eigenvalue weighted by atomic mass is 9.84. The first-order chi connectivity index (χ1) is 13.7. The molecule has 0 aliphatic rings. The van der Waals surface area contributed by atoms with Gasteiger partial charge in [-0.1, -0.05) is 6.07 Å². The molecule has 3 rings (SSSR count). The number of alkyl halides is 2. The van der Waals surface area contributed by atoms with Crippen molar-refractivity contribution in [3.05, 3.63) is 64.6 Å². The highest BCUT2D eigenvalue weighted by atomic mass is 19.3. The number of halogens is 2. The second-order valence-corrected chi connectivity index (χ2v) is 6.77. The topological polar surface area (TPSA) is 107 Å². The summed E-state index contributed by atoms with van der Waals surface area (Å²) in [4.78, 5) is 18.2. The van der Waals surface area contributed by atoms with E-state index in [9.17, 15) is 23.8 Å². The van der Waals surface area contributed by atoms with Crippen LogP contribution >= 0.6 is 0 Å². The van der Waals surface area contributed by atoms with Gasteiger partial charge in [-0.3, -0.25) is 4.79 Å². The van der Waals surface area contributed by atoms with E-state index in [2.05, 4.69) is 15.3 Å². The molecule has 2 heterocycles. The molecule has 0 saturated carbocycles. The maximum absolute atomic E-state index is 14.4. The maximum atomic E-state index is 14.4. The second-order valence-electron chi connectivity index (χ2n) is 6.77. The molecule has 9 heteroatoms. The fourth-order valence-electron chi connectivity index (χ4n) is 3.11. The van der Waals surface area contributed by atoms with E-state index in [0.29, 0.717) is 23.5 Å². The van der Waals surface area contributed by atoms with E-state index >= 15 is 0 Å². The Kier molecular flexibility index (Phi) is 5.54. The number of nitrogens with zero attached hydrogens (tertiary/aromatic N) is 1. The summed E-state index contributed by atoms with van der Waals surface area (Å²) in [5.74, 6) is -3.39. The van der Waals surface area contributed by atoms with Gasteiger partial charge >= 0.3 is 0 Å². The molecule has 2 unspecified atom stereocenters. The van der Waals surface area contributed by atoms with Crippen LogP contribution in [0.2, 0.25) is 0 Å². The second kappa shape index (κ2) is 7.76. The van der Waals surface area contributed by atoms with E-state index in [-0.39, 0.29) is 17.0 Å². The number of aliphatic hydroxyl groups excluding tert-OH is 1. The minimum atomic E-state index is -3.65. The van der Waals surface area contributed by atoms with Crippen molar-refractivity contribution in [3.63, 3.8) is 0 Å². The molecule has 2 aromatic heterocycles. The largest absolute Gasteiger partial charge is 0.481 e. The standard InChI is InChI=1S/C20H21F2N3O4/c1-19(21,22)20(28,11-26)18(12-6-9-17(29-2)23-10-12)25-15-5-3-4-14-13(15)7-8-16(27)24-14/h3-10,18,25-26,28H,11H2,1-2H3,(H,24,27). The zero-order valence-corrected chi connectivity index (χ0v) is 15.8. The number of ether oxygens (including phenoxy) is 1. The number of nitrogens with one attached hydrogen (secondary N) is 2. The van der Waals surface area contributed by atoms with Crippen molar-refractivity contribution in [2.75, 3.05) is 19.0 Å². The molecule has 0 bridgehead atoms. The molecule has 154 valence electrons. The lowest BCUT2D eigenvalue weighted by molar-refractivity contribution is -0.196. The molecule has 0 aliphatic heterocycles. The van der Waals surface area contributed by atoms with Crippen molar-refractivity contribution in [1.82, 2.24) is 9.97 Å². The number of hydrogen-bond acceptors (Lipinski definition) is 6. The SMILES string of the molecule is COc1ccc(C(Nc2cccc3[nH]c(=O)ccc23)C(O)(CO)C(C)(F)F)cn1. The molecule has 29 heavy (non-hydrogen) atoms. The number of anilines is 1. The number of methoxy groups -OCH3 is 1. The van der Waals surface area contributed by atoms with Gasteiger partial charge in [-0.2, -0.15) is 0 Å². The maximum Gasteiger partial charge on any atom is 0.278 e. The quantitative estimate of drug-likeness (QED) is 0.481. The zero-order valence-electron chi connectivity index (χ0n) is 15.8. The normalized spacial score (nSPS) is 15.0. The Morgan fingerprint density at radius 3 is 2.59 bits per heavy atom. The Bertz CT molecular complexity index is 1050. The van der Waals surface area contributed by atoms with Crippen LogP contribution in [0.3, 0.4) is 0 Å². The van der Waals surface area contributed by atoms with E-state index in [0.717, 1.165) is 0 Å². The molecular formula is C20H21F2N3O4. The molecule has 0 saturated heterocycles. The van der Waals surface area contributed by atoms with Crippen molar-refractivity contribution in [3.8, 4) is 5.88 Å². The predicted octanol–water partition coefficient (Wildman–Crippen LogP) is 2.46. The summed E-state index contributed by atoms with van der Waals surface area (Å²) in [6, 6.07) is 9.29. The first kappa shape index (κ1) is 20.7. The fourth-order valence-corrected chi connectivity index (χ4v) is 3.11. The van der Waals surface area contributed by atoms with Gasteiger partial charge in [0.1, 0.15) is 0 Å². The van der Waals surface area contributed by atoms with Crippen molar-refractivity contribution in [2.45, 2.75) is 24.5 Å². The Morgan fingerprint density at radius 2 is 2.00 bits per heavy atom. The smallest absolute Gasteiger partial charge is 0.278 e. The third-order valence-electron chi connectivity index (χ3n) is 4.85. The molecular weight excluding hydrogens is 384 g/mol. The summed E-state index contributed by atoms with van der Waals surface area (Å²) in [6.45, 7) is -0.669. The summed E-state index contributed by atoms with van der Waals surface area (Å²) in [5, 5.41) is 24.0. The van der Waals surface area contributed by atoms with Crippen molar-refractivity contribution < 1.29 is 23.7 Å². The lowest BCUT2D eigenvalue weighted by Crippen LogP contribution is -2.56. The van der Waals surface area contributed by atoms with Gasteiger partial charge in [0.15, 0.2) is 5.60 Å². The van der Waals surface area contributed by atoms with Crippen molar-refractivity contribution >= 4 is 16.6 Å². The van der Waals surface area contributed by atoms with Crippen LogP contribution in [0.4, 0.5) is 14.5 Å². The Morgan fingerprint density at radius 1 is 1.24 bits per heavy atom. The minimum absolute atomic E-state index is 0.213. The van der Waals surface area contributed by atoms with E-state index < -0.39 is 24.2 Å². The van der Waals surface area contributed by atoms with E-state index in [1.165, 1.54) is 31.5 Å². The number of aromatic nitrogens is 2. The molecule has 0 fully saturated rings. The Hall–Kier alpha value is -3.04. The van der Waals surface area contributed by atoms with Crippen LogP contribution in [0.5, 0.6) is 5.88 Å². The van der Waals surface area contributed by atoms with Crippen LogP contribution in [-0.2, 0) is 0 Å². The van der Waals surface area contributed by atoms with Gasteiger partial charge in [0.05, 0.1) is 25.3 Å². The van der Waals surface area contributed by atoms with Gasteiger partial charge < -0.3 is 25.3 Å². The van der Waals surface area contributed by atoms with Crippen LogP contribution in [-0.4, -0.2) is 45.4 Å². The van der Waals surface area contributed by atoms with Gasteiger partial charge in [0.2, 0.25) is 11.4 Å². The monoisotopic (exact) mass is 405 g/mol. The number of benzene rings is 1. The number of aromatic amines is 1. The number of hydrogen-bond donors (Lipinski definition) is 4. The predicted molar refractivity (Wildman–Crippen MR) is 104 cm³/mol. The summed E-state index contributed by atoms with van der Waals surface area (Å²) in [6.07, 6.45) is 1.29. The van der Waals surface area contributed by atoms with Gasteiger partial charge in [-0.05, 0) is 29.8 Å². The van der Waals surface area contributed by atoms with Crippen LogP contribution in [0.1, 0.15) is 18.5 Å². The van der Waals surface area contributed by atoms with E-state index in [4.69, 9.17) is 4.74 Å². The molecule has 7 nitrogen and oxygen atoms in total. The number of H-pyrrole nitrogens is 1. The van der Waals surface area contributed by atoms with E-state index in [1.54, 1.807) is 24.3 Å². The molecule has 0 aliphatic carbocycles. The molecule has 3 aromatic rings. The number of pyridine rings is 2. The molecule has 1 aromatic carbocycles. The average Bonchev–Trinajstić information content (AvgIpc) is 2.70. The van der Waals surface area contributed by atoms with Crippen LogP contribution in [0, 0.1) is 0 Å². The summed E-state index contributed by atoms with van der Waals surface area (Å²) in [5.41, 5.74) is -2.06. The lowest BCUT2D eigenvalue weighted by Gasteiger charge is -2.40. The highest BCUT2D eigenvalue weighted by molar-refractivity contribution is 5.91. The third-order valence-corrected chi connectivity index (χ3v) is 4.85. The van der Waals surface area contributed by atoms with Gasteiger partial charge in [0.25, 0.3) is 5.92 Å². The Balaban J connectivity index is 2.14. The summed E-state index contributed by atoms with van der Waals surface area (Å²) >= 11 is 0. The van der Waals surface area contributed by atoms with Gasteiger partial charge in [-0.25, -0.2) is 13.8 Å². The first-order valence-electron chi connectivity index (χ1n) is 8.79. The summed E-state index contributed by atoms with van der Waals surface area (Å²) in [7, 11) is 1.42. The number of aliphatic hydroxyl groups is 2. The van der Waals surface area contributed by atoms with Crippen molar-refractivity contribution in [1.29, 1.82) is 0 Å². The highest BCUT2D eigenvalue weighted by Crippen LogP contribution is 2.41. The molecule has 0 amide bonds. The van der Waals surface area contributed by atoms with Crippen molar-refractivity contribution in [2.24, 2.45) is 0 Å². The molecule has 2 atom stereocenters. The molecule has 0 spiro atoms. The fraction of sp³-hybridized carbons (Fsp3) is 0.300. The first-order valence-corrected chi connectivity index (χ1v) is 8.79. The van der Waals surface area contributed by atoms with Crippen LogP contribution in [0.25, 0.3) is 10.9 Å². The van der Waals surface area contributed by atoms with Gasteiger partial charge in [0, 0.05) is 36.3 Å². The number of fused-ring (bicyclic) bond motifs is 1. The number of rotatable bonds is 7. The Labute approximate surface area is 165 Å². The van der Waals surface area contributed by atoms with E-state index in [1.807, 2.05) is 0 Å². The molecule has 4 N–H and O–H groups in total. The average molecular weight is 405 g/mol. The summed E-state index contributed by atoms with van der Waals surface area (Å²) < 4.78 is 33.7. The van der Waals surface area contributed by atoms with Crippen LogP contribution in [0.15, 0.2) is 53.5 Å². The van der Waals surface area contributed by atoms with Gasteiger partial charge in [-0.15, -0.1) is 0 Å².